The molecule has 1 aliphatic heterocycles. The lowest BCUT2D eigenvalue weighted by Gasteiger charge is -2.17. The molecule has 0 bridgehead atoms. The van der Waals surface area contributed by atoms with Gasteiger partial charge in [-0.15, -0.1) is 0 Å². The minimum atomic E-state index is -0.100. The van der Waals surface area contributed by atoms with E-state index in [2.05, 4.69) is 21.2 Å². The van der Waals surface area contributed by atoms with E-state index in [9.17, 15) is 9.59 Å². The van der Waals surface area contributed by atoms with E-state index in [1.165, 1.54) is 0 Å². The van der Waals surface area contributed by atoms with Crippen LogP contribution < -0.4 is 5.32 Å². The summed E-state index contributed by atoms with van der Waals surface area (Å²) in [7, 11) is 0. The zero-order valence-corrected chi connectivity index (χ0v) is 13.2. The van der Waals surface area contributed by atoms with E-state index in [1.807, 2.05) is 31.2 Å². The number of benzene rings is 2. The first kappa shape index (κ1) is 14.0. The van der Waals surface area contributed by atoms with E-state index in [0.717, 1.165) is 22.0 Å². The van der Waals surface area contributed by atoms with Crippen LogP contribution in [0.25, 0.3) is 0 Å². The predicted octanol–water partition coefficient (Wildman–Crippen LogP) is 3.27. The molecule has 0 fully saturated rings. The lowest BCUT2D eigenvalue weighted by Crippen LogP contribution is -2.32. The summed E-state index contributed by atoms with van der Waals surface area (Å²) in [5, 5.41) is 2.81. The molecule has 106 valence electrons. The standard InChI is InChI=1S/C17H14BrNO2/c1-10-2-5-13(18)9-14(10)16(20)12-4-3-11-6-7-19-17(21)15(11)8-12/h2-5,8-9H,6-7H2,1H3,(H,19,21). The summed E-state index contributed by atoms with van der Waals surface area (Å²) in [4.78, 5) is 24.5. The van der Waals surface area contributed by atoms with Gasteiger partial charge in [0.2, 0.25) is 0 Å². The largest absolute Gasteiger partial charge is 0.352 e. The third-order valence-corrected chi connectivity index (χ3v) is 4.23. The topological polar surface area (TPSA) is 46.2 Å². The Labute approximate surface area is 131 Å². The fourth-order valence-corrected chi connectivity index (χ4v) is 2.91. The van der Waals surface area contributed by atoms with E-state index < -0.39 is 0 Å². The molecule has 3 rings (SSSR count). The van der Waals surface area contributed by atoms with E-state index in [-0.39, 0.29) is 11.7 Å². The molecule has 4 heteroatoms. The Morgan fingerprint density at radius 1 is 1.19 bits per heavy atom. The maximum absolute atomic E-state index is 12.7. The highest BCUT2D eigenvalue weighted by atomic mass is 79.9. The molecule has 1 amide bonds. The zero-order chi connectivity index (χ0) is 15.0. The second kappa shape index (κ2) is 5.45. The third-order valence-electron chi connectivity index (χ3n) is 3.74. The molecule has 0 aromatic heterocycles. The van der Waals surface area contributed by atoms with Crippen LogP contribution in [0.4, 0.5) is 0 Å². The molecular formula is C17H14BrNO2. The molecule has 3 nitrogen and oxygen atoms in total. The van der Waals surface area contributed by atoms with Gasteiger partial charge in [-0.2, -0.15) is 0 Å². The van der Waals surface area contributed by atoms with E-state index in [1.54, 1.807) is 12.1 Å². The van der Waals surface area contributed by atoms with E-state index >= 15 is 0 Å². The van der Waals surface area contributed by atoms with Crippen molar-refractivity contribution in [3.8, 4) is 0 Å². The minimum absolute atomic E-state index is 0.0602. The molecule has 1 N–H and O–H groups in total. The van der Waals surface area contributed by atoms with Crippen molar-refractivity contribution >= 4 is 27.6 Å². The highest BCUT2D eigenvalue weighted by Crippen LogP contribution is 2.22. The number of carbonyl (C=O) groups excluding carboxylic acids is 2. The Hall–Kier alpha value is -1.94. The number of fused-ring (bicyclic) bond motifs is 1. The van der Waals surface area contributed by atoms with Crippen molar-refractivity contribution < 1.29 is 9.59 Å². The van der Waals surface area contributed by atoms with Crippen molar-refractivity contribution in [3.05, 3.63) is 68.7 Å². The van der Waals surface area contributed by atoms with Crippen molar-refractivity contribution in [1.29, 1.82) is 0 Å². The number of hydrogen-bond acceptors (Lipinski definition) is 2. The Morgan fingerprint density at radius 2 is 2.00 bits per heavy atom. The number of rotatable bonds is 2. The van der Waals surface area contributed by atoms with Crippen molar-refractivity contribution in [1.82, 2.24) is 5.32 Å². The van der Waals surface area contributed by atoms with Gasteiger partial charge in [0, 0.05) is 27.7 Å². The van der Waals surface area contributed by atoms with Crippen LogP contribution in [0.2, 0.25) is 0 Å². The summed E-state index contributed by atoms with van der Waals surface area (Å²) in [5.74, 6) is -0.160. The van der Waals surface area contributed by atoms with Gasteiger partial charge < -0.3 is 5.32 Å². The van der Waals surface area contributed by atoms with Crippen LogP contribution in [0, 0.1) is 6.92 Å². The molecule has 1 heterocycles. The van der Waals surface area contributed by atoms with Gasteiger partial charge in [-0.25, -0.2) is 0 Å². The Kier molecular flexibility index (Phi) is 3.64. The molecule has 0 unspecified atom stereocenters. The van der Waals surface area contributed by atoms with Crippen LogP contribution >= 0.6 is 15.9 Å². The van der Waals surface area contributed by atoms with Crippen molar-refractivity contribution in [2.24, 2.45) is 0 Å². The second-order valence-corrected chi connectivity index (χ2v) is 6.08. The average molecular weight is 344 g/mol. The maximum Gasteiger partial charge on any atom is 0.251 e. The van der Waals surface area contributed by atoms with Crippen LogP contribution in [-0.4, -0.2) is 18.2 Å². The number of halogens is 1. The number of carbonyl (C=O) groups is 2. The van der Waals surface area contributed by atoms with Crippen LogP contribution in [0.5, 0.6) is 0 Å². The zero-order valence-electron chi connectivity index (χ0n) is 11.6. The maximum atomic E-state index is 12.7. The Morgan fingerprint density at radius 3 is 2.81 bits per heavy atom. The number of nitrogens with one attached hydrogen (secondary N) is 1. The second-order valence-electron chi connectivity index (χ2n) is 5.17. The number of aryl methyl sites for hydroxylation is 1. The number of ketones is 1. The smallest absolute Gasteiger partial charge is 0.251 e. The van der Waals surface area contributed by atoms with Gasteiger partial charge in [0.1, 0.15) is 0 Å². The van der Waals surface area contributed by atoms with Crippen LogP contribution in [-0.2, 0) is 6.42 Å². The monoisotopic (exact) mass is 343 g/mol. The normalized spacial score (nSPS) is 13.5. The van der Waals surface area contributed by atoms with Crippen LogP contribution in [0.1, 0.15) is 37.4 Å². The lowest BCUT2D eigenvalue weighted by molar-refractivity contribution is 0.0946. The third kappa shape index (κ3) is 2.63. The first-order valence-corrected chi connectivity index (χ1v) is 7.57. The lowest BCUT2D eigenvalue weighted by atomic mass is 9.93. The first-order chi connectivity index (χ1) is 10.1. The number of amides is 1. The van der Waals surface area contributed by atoms with E-state index in [4.69, 9.17) is 0 Å². The summed E-state index contributed by atoms with van der Waals surface area (Å²) in [6.45, 7) is 2.56. The summed E-state index contributed by atoms with van der Waals surface area (Å²) in [6.07, 6.45) is 0.811. The fraction of sp³-hybridized carbons (Fsp3) is 0.176. The molecule has 2 aromatic rings. The summed E-state index contributed by atoms with van der Waals surface area (Å²) < 4.78 is 0.868. The molecule has 0 aliphatic carbocycles. The molecule has 1 aliphatic rings. The molecule has 2 aromatic carbocycles. The highest BCUT2D eigenvalue weighted by molar-refractivity contribution is 9.10. The Bertz CT molecular complexity index is 752. The summed E-state index contributed by atoms with van der Waals surface area (Å²) in [6, 6.07) is 11.0. The van der Waals surface area contributed by atoms with Gasteiger partial charge in [-0.05, 0) is 42.7 Å². The quantitative estimate of drug-likeness (QED) is 0.850. The van der Waals surface area contributed by atoms with Crippen molar-refractivity contribution in [2.45, 2.75) is 13.3 Å². The van der Waals surface area contributed by atoms with Gasteiger partial charge in [0.05, 0.1) is 0 Å². The van der Waals surface area contributed by atoms with Gasteiger partial charge >= 0.3 is 0 Å². The van der Waals surface area contributed by atoms with Crippen LogP contribution in [0.3, 0.4) is 0 Å². The van der Waals surface area contributed by atoms with Crippen LogP contribution in [0.15, 0.2) is 40.9 Å². The molecular weight excluding hydrogens is 330 g/mol. The van der Waals surface area contributed by atoms with Gasteiger partial charge in [-0.1, -0.05) is 34.1 Å². The molecule has 0 saturated heterocycles. The minimum Gasteiger partial charge on any atom is -0.352 e. The average Bonchev–Trinajstić information content (AvgIpc) is 2.49. The van der Waals surface area contributed by atoms with E-state index in [0.29, 0.717) is 23.2 Å². The van der Waals surface area contributed by atoms with Gasteiger partial charge in [0.15, 0.2) is 5.78 Å². The van der Waals surface area contributed by atoms with Crippen molar-refractivity contribution in [2.75, 3.05) is 6.54 Å². The summed E-state index contributed by atoms with van der Waals surface area (Å²) in [5.41, 5.74) is 3.74. The number of hydrogen-bond donors (Lipinski definition) is 1. The Balaban J connectivity index is 2.04. The SMILES string of the molecule is Cc1ccc(Br)cc1C(=O)c1ccc2c(c1)C(=O)NCC2. The molecule has 21 heavy (non-hydrogen) atoms. The highest BCUT2D eigenvalue weighted by Gasteiger charge is 2.19. The molecule has 0 atom stereocenters. The predicted molar refractivity (Wildman–Crippen MR) is 84.8 cm³/mol. The van der Waals surface area contributed by atoms with Crippen molar-refractivity contribution in [3.63, 3.8) is 0 Å². The van der Waals surface area contributed by atoms with Gasteiger partial charge in [-0.3, -0.25) is 9.59 Å². The summed E-state index contributed by atoms with van der Waals surface area (Å²) >= 11 is 3.39. The molecule has 0 radical (unpaired) electrons. The fourth-order valence-electron chi connectivity index (χ4n) is 2.55. The molecule has 0 spiro atoms. The molecule has 0 saturated carbocycles. The first-order valence-electron chi connectivity index (χ1n) is 6.78. The van der Waals surface area contributed by atoms with Gasteiger partial charge in [0.25, 0.3) is 5.91 Å².